The van der Waals surface area contributed by atoms with E-state index in [0.717, 1.165) is 0 Å². The molecule has 0 aliphatic rings. The Kier molecular flexibility index (Phi) is 6.01. The van der Waals surface area contributed by atoms with Crippen molar-refractivity contribution in [3.8, 4) is 5.75 Å². The summed E-state index contributed by atoms with van der Waals surface area (Å²) in [5.74, 6) is 0.472. The smallest absolute Gasteiger partial charge is 0.408 e. The zero-order valence-electron chi connectivity index (χ0n) is 14.6. The van der Waals surface area contributed by atoms with Crippen LogP contribution >= 0.6 is 0 Å². The number of methoxy groups -OCH3 is 1. The minimum atomic E-state index is -0.634. The number of rotatable bonds is 5. The Morgan fingerprint density at radius 3 is 2.09 bits per heavy atom. The molecular weight excluding hydrogens is 296 g/mol. The predicted molar refractivity (Wildman–Crippen MR) is 88.8 cm³/mol. The molecule has 0 atom stereocenters. The third kappa shape index (κ3) is 7.04. The SMILES string of the molecule is COc1ccc(C(=O)NCC(C)(C)NC(=O)OC(C)(C)C)cc1. The molecule has 0 saturated carbocycles. The van der Waals surface area contributed by atoms with Crippen molar-refractivity contribution < 1.29 is 19.1 Å². The molecule has 1 aromatic carbocycles. The van der Waals surface area contributed by atoms with E-state index in [1.54, 1.807) is 52.1 Å². The van der Waals surface area contributed by atoms with E-state index in [1.807, 2.05) is 13.8 Å². The number of benzene rings is 1. The maximum atomic E-state index is 12.1. The van der Waals surface area contributed by atoms with Crippen molar-refractivity contribution in [2.24, 2.45) is 0 Å². The molecule has 0 aliphatic carbocycles. The van der Waals surface area contributed by atoms with Crippen LogP contribution in [0.15, 0.2) is 24.3 Å². The van der Waals surface area contributed by atoms with E-state index < -0.39 is 17.2 Å². The number of amides is 2. The van der Waals surface area contributed by atoms with Crippen molar-refractivity contribution in [1.29, 1.82) is 0 Å². The Labute approximate surface area is 137 Å². The van der Waals surface area contributed by atoms with Crippen LogP contribution in [0.3, 0.4) is 0 Å². The van der Waals surface area contributed by atoms with Gasteiger partial charge in [-0.05, 0) is 58.9 Å². The quantitative estimate of drug-likeness (QED) is 0.874. The Morgan fingerprint density at radius 1 is 1.04 bits per heavy atom. The average molecular weight is 322 g/mol. The Morgan fingerprint density at radius 2 is 1.61 bits per heavy atom. The highest BCUT2D eigenvalue weighted by Crippen LogP contribution is 2.12. The van der Waals surface area contributed by atoms with Gasteiger partial charge in [0.2, 0.25) is 0 Å². The summed E-state index contributed by atoms with van der Waals surface area (Å²) in [4.78, 5) is 23.9. The molecule has 0 fully saturated rings. The van der Waals surface area contributed by atoms with Crippen LogP contribution in [0, 0.1) is 0 Å². The van der Waals surface area contributed by atoms with Gasteiger partial charge in [-0.2, -0.15) is 0 Å². The van der Waals surface area contributed by atoms with Crippen molar-refractivity contribution >= 4 is 12.0 Å². The molecule has 0 aromatic heterocycles. The first-order valence-electron chi connectivity index (χ1n) is 7.46. The van der Waals surface area contributed by atoms with Gasteiger partial charge in [-0.3, -0.25) is 4.79 Å². The first-order valence-corrected chi connectivity index (χ1v) is 7.46. The zero-order chi connectivity index (χ0) is 17.7. The number of hydrogen-bond donors (Lipinski definition) is 2. The second-order valence-corrected chi connectivity index (χ2v) is 6.92. The van der Waals surface area contributed by atoms with E-state index in [4.69, 9.17) is 9.47 Å². The molecule has 0 radical (unpaired) electrons. The molecule has 6 nitrogen and oxygen atoms in total. The molecule has 1 rings (SSSR count). The van der Waals surface area contributed by atoms with E-state index in [0.29, 0.717) is 11.3 Å². The van der Waals surface area contributed by atoms with Gasteiger partial charge < -0.3 is 20.1 Å². The largest absolute Gasteiger partial charge is 0.497 e. The lowest BCUT2D eigenvalue weighted by molar-refractivity contribution is 0.0469. The highest BCUT2D eigenvalue weighted by molar-refractivity contribution is 5.94. The minimum Gasteiger partial charge on any atom is -0.497 e. The Hall–Kier alpha value is -2.24. The summed E-state index contributed by atoms with van der Waals surface area (Å²) in [6, 6.07) is 6.81. The average Bonchev–Trinajstić information content (AvgIpc) is 2.42. The molecule has 6 heteroatoms. The summed E-state index contributed by atoms with van der Waals surface area (Å²) in [6.45, 7) is 9.29. The summed E-state index contributed by atoms with van der Waals surface area (Å²) < 4.78 is 10.3. The third-order valence-electron chi connectivity index (χ3n) is 2.88. The van der Waals surface area contributed by atoms with Gasteiger partial charge in [0.05, 0.1) is 12.6 Å². The summed E-state index contributed by atoms with van der Waals surface area (Å²) in [6.07, 6.45) is -0.513. The number of carbonyl (C=O) groups excluding carboxylic acids is 2. The highest BCUT2D eigenvalue weighted by atomic mass is 16.6. The van der Waals surface area contributed by atoms with Crippen LogP contribution in [-0.4, -0.2) is 36.8 Å². The molecule has 2 amide bonds. The summed E-state index contributed by atoms with van der Waals surface area (Å²) in [5, 5.41) is 5.54. The van der Waals surface area contributed by atoms with Crippen molar-refractivity contribution in [2.45, 2.75) is 45.8 Å². The van der Waals surface area contributed by atoms with Crippen LogP contribution in [0.4, 0.5) is 4.79 Å². The number of carbonyl (C=O) groups is 2. The molecule has 0 heterocycles. The zero-order valence-corrected chi connectivity index (χ0v) is 14.6. The monoisotopic (exact) mass is 322 g/mol. The molecule has 0 bridgehead atoms. The molecule has 1 aromatic rings. The third-order valence-corrected chi connectivity index (χ3v) is 2.88. The standard InChI is InChI=1S/C17H26N2O4/c1-16(2,3)23-15(21)19-17(4,5)11-18-14(20)12-7-9-13(22-6)10-8-12/h7-10H,11H2,1-6H3,(H,18,20)(H,19,21). The van der Waals surface area contributed by atoms with Crippen molar-refractivity contribution in [3.63, 3.8) is 0 Å². The maximum Gasteiger partial charge on any atom is 0.408 e. The highest BCUT2D eigenvalue weighted by Gasteiger charge is 2.25. The van der Waals surface area contributed by atoms with Gasteiger partial charge >= 0.3 is 6.09 Å². The molecule has 0 spiro atoms. The lowest BCUT2D eigenvalue weighted by Gasteiger charge is -2.28. The van der Waals surface area contributed by atoms with Gasteiger partial charge in [0.15, 0.2) is 0 Å². The van der Waals surface area contributed by atoms with Crippen molar-refractivity contribution in [2.75, 3.05) is 13.7 Å². The lowest BCUT2D eigenvalue weighted by Crippen LogP contribution is -2.52. The Balaban J connectivity index is 2.54. The molecule has 0 aliphatic heterocycles. The van der Waals surface area contributed by atoms with Crippen molar-refractivity contribution in [1.82, 2.24) is 10.6 Å². The number of nitrogens with one attached hydrogen (secondary N) is 2. The summed E-state index contributed by atoms with van der Waals surface area (Å²) in [7, 11) is 1.57. The lowest BCUT2D eigenvalue weighted by atomic mass is 10.1. The topological polar surface area (TPSA) is 76.7 Å². The van der Waals surface area contributed by atoms with Crippen LogP contribution in [0.2, 0.25) is 0 Å². The predicted octanol–water partition coefficient (Wildman–Crippen LogP) is 2.73. The van der Waals surface area contributed by atoms with Gasteiger partial charge in [0.1, 0.15) is 11.4 Å². The van der Waals surface area contributed by atoms with Crippen LogP contribution in [-0.2, 0) is 4.74 Å². The molecule has 0 unspecified atom stereocenters. The van der Waals surface area contributed by atoms with Crippen LogP contribution in [0.1, 0.15) is 45.0 Å². The van der Waals surface area contributed by atoms with Crippen LogP contribution < -0.4 is 15.4 Å². The van der Waals surface area contributed by atoms with Gasteiger partial charge in [0.25, 0.3) is 5.91 Å². The minimum absolute atomic E-state index is 0.216. The van der Waals surface area contributed by atoms with E-state index in [-0.39, 0.29) is 12.5 Å². The molecule has 0 saturated heterocycles. The molecule has 128 valence electrons. The number of ether oxygens (including phenoxy) is 2. The van der Waals surface area contributed by atoms with E-state index >= 15 is 0 Å². The van der Waals surface area contributed by atoms with Crippen LogP contribution in [0.25, 0.3) is 0 Å². The fraction of sp³-hybridized carbons (Fsp3) is 0.529. The van der Waals surface area contributed by atoms with Gasteiger partial charge in [0, 0.05) is 12.1 Å². The first-order chi connectivity index (χ1) is 10.5. The van der Waals surface area contributed by atoms with Crippen LogP contribution in [0.5, 0.6) is 5.75 Å². The molecule has 2 N–H and O–H groups in total. The van der Waals surface area contributed by atoms with E-state index in [9.17, 15) is 9.59 Å². The van der Waals surface area contributed by atoms with Gasteiger partial charge in [-0.25, -0.2) is 4.79 Å². The number of hydrogen-bond acceptors (Lipinski definition) is 4. The fourth-order valence-electron chi connectivity index (χ4n) is 1.77. The van der Waals surface area contributed by atoms with Crippen molar-refractivity contribution in [3.05, 3.63) is 29.8 Å². The summed E-state index contributed by atoms with van der Waals surface area (Å²) >= 11 is 0. The number of alkyl carbamates (subject to hydrolysis) is 1. The summed E-state index contributed by atoms with van der Waals surface area (Å²) in [5.41, 5.74) is -0.671. The second kappa shape index (κ2) is 7.35. The molecular formula is C17H26N2O4. The van der Waals surface area contributed by atoms with Gasteiger partial charge in [-0.15, -0.1) is 0 Å². The fourth-order valence-corrected chi connectivity index (χ4v) is 1.77. The molecule has 23 heavy (non-hydrogen) atoms. The normalized spacial score (nSPS) is 11.6. The first kappa shape index (κ1) is 18.8. The van der Waals surface area contributed by atoms with Gasteiger partial charge in [-0.1, -0.05) is 0 Å². The maximum absolute atomic E-state index is 12.1. The van der Waals surface area contributed by atoms with E-state index in [1.165, 1.54) is 0 Å². The Bertz CT molecular complexity index is 545. The second-order valence-electron chi connectivity index (χ2n) is 6.92. The van der Waals surface area contributed by atoms with E-state index in [2.05, 4.69) is 10.6 Å².